The normalized spacial score (nSPS) is 13.5. The van der Waals surface area contributed by atoms with Crippen molar-refractivity contribution < 1.29 is 9.53 Å². The number of hydrogen-bond acceptors (Lipinski definition) is 4. The van der Waals surface area contributed by atoms with Gasteiger partial charge in [0.15, 0.2) is 0 Å². The highest BCUT2D eigenvalue weighted by Gasteiger charge is 2.23. The molecule has 0 spiro atoms. The van der Waals surface area contributed by atoms with Crippen molar-refractivity contribution in [2.24, 2.45) is 0 Å². The Hall–Kier alpha value is -2.40. The molecule has 2 heterocycles. The summed E-state index contributed by atoms with van der Waals surface area (Å²) in [6.07, 6.45) is 5.36. The minimum Gasteiger partial charge on any atom is -0.383 e. The Bertz CT molecular complexity index is 687. The summed E-state index contributed by atoms with van der Waals surface area (Å²) in [4.78, 5) is 18.9. The van der Waals surface area contributed by atoms with Crippen molar-refractivity contribution in [3.05, 3.63) is 53.9 Å². The van der Waals surface area contributed by atoms with Crippen LogP contribution < -0.4 is 10.2 Å². The number of methoxy groups -OCH3 is 1. The molecule has 1 N–H and O–H groups in total. The number of ether oxygens (including phenoxy) is 1. The molecule has 120 valence electrons. The van der Waals surface area contributed by atoms with E-state index in [0.29, 0.717) is 18.7 Å². The van der Waals surface area contributed by atoms with E-state index in [4.69, 9.17) is 4.74 Å². The molecular weight excluding hydrogens is 290 g/mol. The summed E-state index contributed by atoms with van der Waals surface area (Å²) >= 11 is 0. The summed E-state index contributed by atoms with van der Waals surface area (Å²) in [6.45, 7) is 2.04. The van der Waals surface area contributed by atoms with E-state index in [1.807, 2.05) is 29.2 Å². The molecule has 0 saturated heterocycles. The molecule has 0 radical (unpaired) electrons. The Morgan fingerprint density at radius 2 is 2.22 bits per heavy atom. The zero-order valence-electron chi connectivity index (χ0n) is 13.3. The Balaban J connectivity index is 1.80. The molecule has 5 heteroatoms. The fraction of sp³-hybridized carbons (Fsp3) is 0.333. The van der Waals surface area contributed by atoms with Gasteiger partial charge in [0.05, 0.1) is 17.9 Å². The van der Waals surface area contributed by atoms with Crippen LogP contribution in [-0.2, 0) is 11.2 Å². The van der Waals surface area contributed by atoms with Crippen LogP contribution in [0.15, 0.2) is 42.7 Å². The maximum absolute atomic E-state index is 12.9. The molecule has 1 aromatic heterocycles. The molecule has 0 atom stereocenters. The van der Waals surface area contributed by atoms with Gasteiger partial charge in [0.1, 0.15) is 0 Å². The number of aromatic nitrogens is 1. The monoisotopic (exact) mass is 311 g/mol. The van der Waals surface area contributed by atoms with Crippen molar-refractivity contribution in [2.75, 3.05) is 37.0 Å². The first-order chi connectivity index (χ1) is 11.3. The Morgan fingerprint density at radius 3 is 3.09 bits per heavy atom. The lowest BCUT2D eigenvalue weighted by atomic mass is 10.0. The lowest BCUT2D eigenvalue weighted by Gasteiger charge is -2.29. The molecule has 1 aliphatic rings. The molecule has 2 aromatic rings. The Kier molecular flexibility index (Phi) is 4.88. The summed E-state index contributed by atoms with van der Waals surface area (Å²) < 4.78 is 5.02. The van der Waals surface area contributed by atoms with Crippen molar-refractivity contribution in [2.45, 2.75) is 12.8 Å². The number of carbonyl (C=O) groups is 1. The van der Waals surface area contributed by atoms with Crippen LogP contribution in [0.1, 0.15) is 22.3 Å². The average Bonchev–Trinajstić information content (AvgIpc) is 2.61. The van der Waals surface area contributed by atoms with Gasteiger partial charge in [0, 0.05) is 38.3 Å². The average molecular weight is 311 g/mol. The third kappa shape index (κ3) is 3.51. The first-order valence-corrected chi connectivity index (χ1v) is 7.87. The standard InChI is InChI=1S/C18H21N3O2/c1-23-10-8-20-16-11-15(12-19-13-16)18(22)21-9-4-6-14-5-2-3-7-17(14)21/h2-3,5,7,11-13,20H,4,6,8-10H2,1H3. The van der Waals surface area contributed by atoms with Crippen LogP contribution in [0.4, 0.5) is 11.4 Å². The zero-order valence-corrected chi connectivity index (χ0v) is 13.3. The summed E-state index contributed by atoms with van der Waals surface area (Å²) in [5, 5.41) is 3.20. The highest BCUT2D eigenvalue weighted by Crippen LogP contribution is 2.28. The lowest BCUT2D eigenvalue weighted by Crippen LogP contribution is -2.35. The van der Waals surface area contributed by atoms with E-state index < -0.39 is 0 Å². The van der Waals surface area contributed by atoms with Crippen molar-refractivity contribution >= 4 is 17.3 Å². The van der Waals surface area contributed by atoms with Gasteiger partial charge in [-0.2, -0.15) is 0 Å². The molecule has 1 aliphatic heterocycles. The molecule has 0 bridgehead atoms. The first kappa shape index (κ1) is 15.5. The smallest absolute Gasteiger partial charge is 0.259 e. The number of rotatable bonds is 5. The van der Waals surface area contributed by atoms with Crippen LogP contribution >= 0.6 is 0 Å². The van der Waals surface area contributed by atoms with Crippen molar-refractivity contribution in [1.82, 2.24) is 4.98 Å². The third-order valence-corrected chi connectivity index (χ3v) is 3.98. The van der Waals surface area contributed by atoms with Crippen LogP contribution in [0.2, 0.25) is 0 Å². The van der Waals surface area contributed by atoms with Gasteiger partial charge >= 0.3 is 0 Å². The number of hydrogen-bond donors (Lipinski definition) is 1. The number of amides is 1. The number of pyridine rings is 1. The molecular formula is C18H21N3O2. The van der Waals surface area contributed by atoms with Gasteiger partial charge in [-0.3, -0.25) is 9.78 Å². The van der Waals surface area contributed by atoms with E-state index in [1.54, 1.807) is 19.5 Å². The van der Waals surface area contributed by atoms with Gasteiger partial charge in [-0.05, 0) is 30.5 Å². The number of carbonyl (C=O) groups excluding carboxylic acids is 1. The SMILES string of the molecule is COCCNc1cncc(C(=O)N2CCCc3ccccc32)c1. The first-order valence-electron chi connectivity index (χ1n) is 7.87. The van der Waals surface area contributed by atoms with Crippen LogP contribution in [0.25, 0.3) is 0 Å². The van der Waals surface area contributed by atoms with Gasteiger partial charge in [0.25, 0.3) is 5.91 Å². The second-order valence-corrected chi connectivity index (χ2v) is 5.57. The van der Waals surface area contributed by atoms with Gasteiger partial charge in [0.2, 0.25) is 0 Å². The molecule has 0 unspecified atom stereocenters. The summed E-state index contributed by atoms with van der Waals surface area (Å²) in [7, 11) is 1.66. The molecule has 1 aromatic carbocycles. The molecule has 0 fully saturated rings. The Morgan fingerprint density at radius 1 is 1.35 bits per heavy atom. The van der Waals surface area contributed by atoms with E-state index >= 15 is 0 Å². The molecule has 0 saturated carbocycles. The fourth-order valence-corrected chi connectivity index (χ4v) is 2.85. The number of para-hydroxylation sites is 1. The largest absolute Gasteiger partial charge is 0.383 e. The van der Waals surface area contributed by atoms with Gasteiger partial charge < -0.3 is 15.0 Å². The second-order valence-electron chi connectivity index (χ2n) is 5.57. The predicted molar refractivity (Wildman–Crippen MR) is 91.0 cm³/mol. The fourth-order valence-electron chi connectivity index (χ4n) is 2.85. The maximum atomic E-state index is 12.9. The zero-order chi connectivity index (χ0) is 16.1. The highest BCUT2D eigenvalue weighted by atomic mass is 16.5. The summed E-state index contributed by atoms with van der Waals surface area (Å²) in [6, 6.07) is 9.96. The minimum absolute atomic E-state index is 0.0000384. The number of nitrogens with zero attached hydrogens (tertiary/aromatic N) is 2. The number of benzene rings is 1. The molecule has 23 heavy (non-hydrogen) atoms. The van der Waals surface area contributed by atoms with Crippen LogP contribution in [-0.4, -0.2) is 37.7 Å². The molecule has 1 amide bonds. The predicted octanol–water partition coefficient (Wildman–Crippen LogP) is 2.73. The summed E-state index contributed by atoms with van der Waals surface area (Å²) in [5.74, 6) is 0.0000384. The van der Waals surface area contributed by atoms with E-state index in [2.05, 4.69) is 16.4 Å². The van der Waals surface area contributed by atoms with E-state index in [1.165, 1.54) is 5.56 Å². The number of fused-ring (bicyclic) bond motifs is 1. The van der Waals surface area contributed by atoms with E-state index in [0.717, 1.165) is 30.8 Å². The number of aryl methyl sites for hydroxylation is 1. The lowest BCUT2D eigenvalue weighted by molar-refractivity contribution is 0.0985. The van der Waals surface area contributed by atoms with Gasteiger partial charge in [-0.15, -0.1) is 0 Å². The van der Waals surface area contributed by atoms with Crippen LogP contribution in [0.3, 0.4) is 0 Å². The maximum Gasteiger partial charge on any atom is 0.259 e. The highest BCUT2D eigenvalue weighted by molar-refractivity contribution is 6.07. The van der Waals surface area contributed by atoms with Crippen molar-refractivity contribution in [3.63, 3.8) is 0 Å². The van der Waals surface area contributed by atoms with Crippen molar-refractivity contribution in [3.8, 4) is 0 Å². The van der Waals surface area contributed by atoms with Gasteiger partial charge in [-0.25, -0.2) is 0 Å². The third-order valence-electron chi connectivity index (χ3n) is 3.98. The number of nitrogens with one attached hydrogen (secondary N) is 1. The van der Waals surface area contributed by atoms with Crippen molar-refractivity contribution in [1.29, 1.82) is 0 Å². The second kappa shape index (κ2) is 7.24. The number of anilines is 2. The molecule has 5 nitrogen and oxygen atoms in total. The minimum atomic E-state index is 0.0000384. The van der Waals surface area contributed by atoms with Crippen LogP contribution in [0, 0.1) is 0 Å². The summed E-state index contributed by atoms with van der Waals surface area (Å²) in [5.41, 5.74) is 3.68. The molecule has 3 rings (SSSR count). The van der Waals surface area contributed by atoms with Gasteiger partial charge in [-0.1, -0.05) is 18.2 Å². The Labute approximate surface area is 136 Å². The van der Waals surface area contributed by atoms with E-state index in [9.17, 15) is 4.79 Å². The van der Waals surface area contributed by atoms with E-state index in [-0.39, 0.29) is 5.91 Å². The van der Waals surface area contributed by atoms with Crippen LogP contribution in [0.5, 0.6) is 0 Å². The topological polar surface area (TPSA) is 54.5 Å². The quantitative estimate of drug-likeness (QED) is 0.863. The molecule has 0 aliphatic carbocycles.